The smallest absolute Gasteiger partial charge is 0.136 e. The van der Waals surface area contributed by atoms with E-state index in [1.54, 1.807) is 0 Å². The monoisotopic (exact) mass is 637 g/mol. The van der Waals surface area contributed by atoms with Crippen LogP contribution in [0.3, 0.4) is 0 Å². The zero-order chi connectivity index (χ0) is 32.8. The van der Waals surface area contributed by atoms with E-state index in [-0.39, 0.29) is 12.0 Å². The predicted octanol–water partition coefficient (Wildman–Crippen LogP) is 13.0. The number of nitrogens with zero attached hydrogens (tertiary/aromatic N) is 1. The van der Waals surface area contributed by atoms with Crippen molar-refractivity contribution < 1.29 is 4.42 Å². The Morgan fingerprint density at radius 1 is 0.480 bits per heavy atom. The quantitative estimate of drug-likeness (QED) is 0.179. The van der Waals surface area contributed by atoms with Gasteiger partial charge in [-0.25, -0.2) is 0 Å². The van der Waals surface area contributed by atoms with Gasteiger partial charge < -0.3 is 9.32 Å². The first-order valence-corrected chi connectivity index (χ1v) is 17.4. The van der Waals surface area contributed by atoms with Crippen LogP contribution in [0.4, 0.5) is 11.4 Å². The molecule has 2 heteroatoms. The molecule has 1 aliphatic heterocycles. The number of allylic oxidation sites excluding steroid dienone is 2. The zero-order valence-electron chi connectivity index (χ0n) is 27.3. The minimum atomic E-state index is 0.226. The van der Waals surface area contributed by atoms with Crippen molar-refractivity contribution in [3.05, 3.63) is 187 Å². The minimum absolute atomic E-state index is 0.226. The third-order valence-corrected chi connectivity index (χ3v) is 10.9. The number of para-hydroxylation sites is 2. The summed E-state index contributed by atoms with van der Waals surface area (Å²) in [6, 6.07) is 57.5. The molecule has 0 amide bonds. The molecule has 2 unspecified atom stereocenters. The van der Waals surface area contributed by atoms with Crippen molar-refractivity contribution in [2.24, 2.45) is 0 Å². The van der Waals surface area contributed by atoms with Crippen LogP contribution in [0.5, 0.6) is 0 Å². The molecule has 1 aromatic heterocycles. The lowest BCUT2D eigenvalue weighted by molar-refractivity contribution is 0.669. The maximum Gasteiger partial charge on any atom is 0.136 e. The zero-order valence-corrected chi connectivity index (χ0v) is 27.3. The summed E-state index contributed by atoms with van der Waals surface area (Å²) < 4.78 is 6.40. The van der Waals surface area contributed by atoms with Gasteiger partial charge in [-0.05, 0) is 103 Å². The van der Waals surface area contributed by atoms with Crippen molar-refractivity contribution in [1.82, 2.24) is 0 Å². The van der Waals surface area contributed by atoms with Gasteiger partial charge in [-0.15, -0.1) is 0 Å². The first-order chi connectivity index (χ1) is 24.8. The van der Waals surface area contributed by atoms with Crippen LogP contribution in [0.25, 0.3) is 71.0 Å². The lowest BCUT2D eigenvalue weighted by Crippen LogP contribution is -2.28. The van der Waals surface area contributed by atoms with E-state index in [0.717, 1.165) is 21.9 Å². The van der Waals surface area contributed by atoms with Crippen molar-refractivity contribution in [3.63, 3.8) is 0 Å². The Balaban J connectivity index is 1.12. The van der Waals surface area contributed by atoms with Crippen LogP contribution in [0.15, 0.2) is 180 Å². The second kappa shape index (κ2) is 10.6. The van der Waals surface area contributed by atoms with Crippen molar-refractivity contribution in [2.75, 3.05) is 4.90 Å². The van der Waals surface area contributed by atoms with Crippen LogP contribution in [-0.2, 0) is 0 Å². The lowest BCUT2D eigenvalue weighted by atomic mass is 9.81. The fourth-order valence-electron chi connectivity index (χ4n) is 8.77. The summed E-state index contributed by atoms with van der Waals surface area (Å²) in [5, 5.41) is 9.77. The molecule has 234 valence electrons. The van der Waals surface area contributed by atoms with Crippen LogP contribution in [0, 0.1) is 0 Å². The molecule has 2 aliphatic rings. The number of rotatable bonds is 3. The van der Waals surface area contributed by atoms with E-state index in [2.05, 4.69) is 181 Å². The fourth-order valence-corrected chi connectivity index (χ4v) is 8.77. The largest absolute Gasteiger partial charge is 0.456 e. The maximum absolute atomic E-state index is 6.40. The van der Waals surface area contributed by atoms with E-state index in [1.165, 1.54) is 71.5 Å². The van der Waals surface area contributed by atoms with E-state index in [0.29, 0.717) is 0 Å². The Bertz CT molecular complexity index is 2830. The highest BCUT2D eigenvalue weighted by Crippen LogP contribution is 2.51. The van der Waals surface area contributed by atoms with Crippen LogP contribution in [0.1, 0.15) is 17.0 Å². The van der Waals surface area contributed by atoms with Crippen LogP contribution in [-0.4, -0.2) is 6.04 Å². The number of furan rings is 1. The summed E-state index contributed by atoms with van der Waals surface area (Å²) in [6.45, 7) is 0. The summed E-state index contributed by atoms with van der Waals surface area (Å²) in [6.07, 6.45) is 7.31. The normalized spacial score (nSPS) is 16.8. The van der Waals surface area contributed by atoms with E-state index in [4.69, 9.17) is 4.42 Å². The highest BCUT2D eigenvalue weighted by atomic mass is 16.3. The van der Waals surface area contributed by atoms with Gasteiger partial charge in [0, 0.05) is 28.1 Å². The lowest BCUT2D eigenvalue weighted by Gasteiger charge is -2.30. The number of hydrogen-bond acceptors (Lipinski definition) is 2. The van der Waals surface area contributed by atoms with E-state index >= 15 is 0 Å². The van der Waals surface area contributed by atoms with Crippen LogP contribution < -0.4 is 4.90 Å². The molecule has 0 saturated heterocycles. The SMILES string of the molecule is C1=CC2C(C=C1c1c3ccccc3c(-c3ccc4oc5cc6ccccc6cc5c4c3)c3ccccc13)c1ccccc1N2c1ccccc1. The Hall–Kier alpha value is -6.38. The molecule has 2 atom stereocenters. The third-order valence-electron chi connectivity index (χ3n) is 10.9. The van der Waals surface area contributed by atoms with Crippen LogP contribution >= 0.6 is 0 Å². The van der Waals surface area contributed by atoms with Gasteiger partial charge in [0.25, 0.3) is 0 Å². The molecule has 11 rings (SSSR count). The second-order valence-electron chi connectivity index (χ2n) is 13.6. The number of fused-ring (bicyclic) bond motifs is 9. The molecule has 2 heterocycles. The van der Waals surface area contributed by atoms with Gasteiger partial charge in [0.1, 0.15) is 11.2 Å². The first kappa shape index (κ1) is 27.6. The minimum Gasteiger partial charge on any atom is -0.456 e. The van der Waals surface area contributed by atoms with E-state index < -0.39 is 0 Å². The van der Waals surface area contributed by atoms with E-state index in [9.17, 15) is 0 Å². The Morgan fingerprint density at radius 2 is 1.10 bits per heavy atom. The van der Waals surface area contributed by atoms with Gasteiger partial charge in [0.15, 0.2) is 0 Å². The molecule has 9 aromatic rings. The molecule has 1 aliphatic carbocycles. The summed E-state index contributed by atoms with van der Waals surface area (Å²) >= 11 is 0. The van der Waals surface area contributed by atoms with E-state index in [1.807, 2.05) is 0 Å². The number of hydrogen-bond donors (Lipinski definition) is 0. The van der Waals surface area contributed by atoms with Gasteiger partial charge in [-0.1, -0.05) is 133 Å². The third kappa shape index (κ3) is 3.96. The molecule has 0 radical (unpaired) electrons. The highest BCUT2D eigenvalue weighted by Gasteiger charge is 2.38. The predicted molar refractivity (Wildman–Crippen MR) is 210 cm³/mol. The molecule has 0 bridgehead atoms. The molecule has 8 aromatic carbocycles. The topological polar surface area (TPSA) is 16.4 Å². The van der Waals surface area contributed by atoms with Gasteiger partial charge in [0.05, 0.1) is 6.04 Å². The van der Waals surface area contributed by atoms with Crippen molar-refractivity contribution in [3.8, 4) is 11.1 Å². The van der Waals surface area contributed by atoms with Gasteiger partial charge in [-0.2, -0.15) is 0 Å². The van der Waals surface area contributed by atoms with Crippen LogP contribution in [0.2, 0.25) is 0 Å². The van der Waals surface area contributed by atoms with Gasteiger partial charge >= 0.3 is 0 Å². The Labute approximate surface area is 289 Å². The van der Waals surface area contributed by atoms with Crippen molar-refractivity contribution >= 4 is 71.2 Å². The Kier molecular flexibility index (Phi) is 5.82. The molecular weight excluding hydrogens is 607 g/mol. The fraction of sp³-hybridized carbons (Fsp3) is 0.0417. The molecular formula is C48H31NO. The summed E-state index contributed by atoms with van der Waals surface area (Å²) in [4.78, 5) is 2.50. The molecule has 0 spiro atoms. The van der Waals surface area contributed by atoms with Gasteiger partial charge in [-0.3, -0.25) is 0 Å². The van der Waals surface area contributed by atoms with Crippen molar-refractivity contribution in [2.45, 2.75) is 12.0 Å². The molecule has 0 fully saturated rings. The maximum atomic E-state index is 6.40. The average molecular weight is 638 g/mol. The molecule has 50 heavy (non-hydrogen) atoms. The molecule has 0 N–H and O–H groups in total. The molecule has 0 saturated carbocycles. The Morgan fingerprint density at radius 3 is 1.86 bits per heavy atom. The molecule has 2 nitrogen and oxygen atoms in total. The average Bonchev–Trinajstić information content (AvgIpc) is 3.70. The van der Waals surface area contributed by atoms with Gasteiger partial charge in [0.2, 0.25) is 0 Å². The highest BCUT2D eigenvalue weighted by molar-refractivity contribution is 6.21. The standard InChI is InChI=1S/C48H31NO/c1-2-14-34(15-3-1)49-43-21-11-10-16-35(43)40-27-32(22-24-44(40)49)47-36-17-6-8-19-38(36)48(39-20-9-7-18-37(39)47)33-23-25-45-41(28-33)42-26-30-12-4-5-13-31(30)29-46(42)50-45/h1-29,40,44H. The van der Waals surface area contributed by atoms with Crippen molar-refractivity contribution in [1.29, 1.82) is 0 Å². The number of benzene rings is 8. The second-order valence-corrected chi connectivity index (χ2v) is 13.6. The summed E-state index contributed by atoms with van der Waals surface area (Å²) in [5.41, 5.74) is 10.8. The summed E-state index contributed by atoms with van der Waals surface area (Å²) in [5.74, 6) is 0.247. The first-order valence-electron chi connectivity index (χ1n) is 17.4. The summed E-state index contributed by atoms with van der Waals surface area (Å²) in [7, 11) is 0. The number of anilines is 2.